The van der Waals surface area contributed by atoms with Crippen LogP contribution in [0.2, 0.25) is 5.02 Å². The Kier molecular flexibility index (Phi) is 12.4. The van der Waals surface area contributed by atoms with Crippen molar-refractivity contribution < 1.29 is 52.7 Å². The second-order valence-electron chi connectivity index (χ2n) is 14.3. The van der Waals surface area contributed by atoms with Gasteiger partial charge in [-0.15, -0.1) is 0 Å². The number of aliphatic hydroxyl groups is 1. The van der Waals surface area contributed by atoms with Crippen molar-refractivity contribution in [3.8, 4) is 11.5 Å². The van der Waals surface area contributed by atoms with E-state index in [0.717, 1.165) is 11.1 Å². The lowest BCUT2D eigenvalue weighted by atomic mass is 9.90. The number of nitrogens with one attached hydrogen (secondary N) is 1. The van der Waals surface area contributed by atoms with E-state index in [2.05, 4.69) is 5.32 Å². The predicted octanol–water partition coefficient (Wildman–Crippen LogP) is 4.17. The van der Waals surface area contributed by atoms with Gasteiger partial charge >= 0.3 is 12.1 Å². The third kappa shape index (κ3) is 8.85. The lowest BCUT2D eigenvalue weighted by Crippen LogP contribution is -2.62. The molecule has 2 saturated heterocycles. The largest absolute Gasteiger partial charge is 0.496 e. The van der Waals surface area contributed by atoms with Crippen molar-refractivity contribution in [2.24, 2.45) is 0 Å². The quantitative estimate of drug-likeness (QED) is 0.207. The van der Waals surface area contributed by atoms with E-state index in [1.165, 1.54) is 57.2 Å². The van der Waals surface area contributed by atoms with Crippen LogP contribution in [0.5, 0.6) is 11.5 Å². The molecule has 16 heteroatoms. The average molecular weight is 785 g/mol. The number of fused-ring (bicyclic) bond motifs is 5. The van der Waals surface area contributed by atoms with Crippen molar-refractivity contribution in [1.29, 1.82) is 0 Å². The zero-order chi connectivity index (χ0) is 40.4. The molecule has 0 unspecified atom stereocenters. The minimum absolute atomic E-state index is 0.0605. The molecule has 3 heterocycles. The Morgan fingerprint density at radius 1 is 1.15 bits per heavy atom. The van der Waals surface area contributed by atoms with Gasteiger partial charge in [0.05, 0.1) is 38.0 Å². The molecule has 2 aromatic carbocycles. The fourth-order valence-corrected chi connectivity index (χ4v) is 7.21. The Hall–Kier alpha value is -4.83. The highest BCUT2D eigenvalue weighted by Gasteiger charge is 2.61. The molecule has 3 aliphatic heterocycles. The monoisotopic (exact) mass is 784 g/mol. The van der Waals surface area contributed by atoms with Gasteiger partial charge in [-0.1, -0.05) is 35.4 Å². The average Bonchev–Trinajstić information content (AvgIpc) is 3.80. The number of epoxide rings is 1. The van der Waals surface area contributed by atoms with Crippen LogP contribution in [0.15, 0.2) is 54.1 Å². The molecule has 5 rings (SSSR count). The number of rotatable bonds is 7. The molecular formula is C39H49ClN4O11. The van der Waals surface area contributed by atoms with Gasteiger partial charge in [0.1, 0.15) is 46.5 Å². The van der Waals surface area contributed by atoms with E-state index in [0.29, 0.717) is 23.5 Å². The highest BCUT2D eigenvalue weighted by molar-refractivity contribution is 6.35. The number of esters is 1. The first-order valence-electron chi connectivity index (χ1n) is 17.7. The Bertz CT molecular complexity index is 1890. The summed E-state index contributed by atoms with van der Waals surface area (Å²) in [4.78, 5) is 56.9. The Balaban J connectivity index is 1.50. The van der Waals surface area contributed by atoms with Gasteiger partial charge in [0.25, 0.3) is 5.91 Å². The summed E-state index contributed by atoms with van der Waals surface area (Å²) in [6, 6.07) is 6.99. The van der Waals surface area contributed by atoms with E-state index in [9.17, 15) is 24.3 Å². The van der Waals surface area contributed by atoms with Gasteiger partial charge in [0.15, 0.2) is 5.72 Å². The van der Waals surface area contributed by atoms with Crippen LogP contribution in [0, 0.1) is 0 Å². The number of nitrogen functional groups attached to an aromatic ring is 1. The number of nitrogens with zero attached hydrogens (tertiary/aromatic N) is 2. The zero-order valence-electron chi connectivity index (χ0n) is 32.2. The topological polar surface area (TPSA) is 192 Å². The van der Waals surface area contributed by atoms with Crippen LogP contribution in [0.1, 0.15) is 56.0 Å². The van der Waals surface area contributed by atoms with Crippen LogP contribution in [0.25, 0.3) is 0 Å². The standard InChI is InChI=1S/C39H49ClN4O11/c1-21-10-9-11-30(52-8)39(49)20-25(53-37(48)42-39)18-32-38(3,55-32)31(19-33(45)44(5)27-15-23(14-21)16-29(51-7)34(27)40)54-36(47)22(2)43(4)35(46)26-13-12-24(41)17-28(26)50-6/h9-13,15-17,22,25,30-32,49H,14,18-20,41H2,1-8H3,(H,42,48)/b11-9+,21-10+/t22-,25+,30+,31-,32-,38-,39-/m0/s1. The minimum atomic E-state index is -1.83. The van der Waals surface area contributed by atoms with E-state index in [1.807, 2.05) is 13.0 Å². The molecular weight excluding hydrogens is 736 g/mol. The summed E-state index contributed by atoms with van der Waals surface area (Å²) < 4.78 is 34.3. The summed E-state index contributed by atoms with van der Waals surface area (Å²) in [5, 5.41) is 14.3. The number of hydrogen-bond donors (Lipinski definition) is 3. The number of alkyl carbamates (subject to hydrolysis) is 1. The maximum absolute atomic E-state index is 14.1. The molecule has 4 bridgehead atoms. The van der Waals surface area contributed by atoms with Crippen LogP contribution in [0.4, 0.5) is 16.2 Å². The molecule has 0 saturated carbocycles. The normalized spacial score (nSPS) is 29.0. The smallest absolute Gasteiger partial charge is 0.409 e. The number of nitrogens with two attached hydrogens (primary N) is 1. The molecule has 2 aromatic rings. The van der Waals surface area contributed by atoms with Crippen molar-refractivity contribution in [3.05, 3.63) is 70.3 Å². The Morgan fingerprint density at radius 2 is 1.85 bits per heavy atom. The van der Waals surface area contributed by atoms with Gasteiger partial charge in [0.2, 0.25) is 5.91 Å². The Morgan fingerprint density at radius 3 is 2.53 bits per heavy atom. The first-order chi connectivity index (χ1) is 25.9. The van der Waals surface area contributed by atoms with E-state index >= 15 is 0 Å². The molecule has 0 aromatic heterocycles. The molecule has 15 nitrogen and oxygen atoms in total. The molecule has 298 valence electrons. The molecule has 0 radical (unpaired) electrons. The van der Waals surface area contributed by atoms with E-state index < -0.39 is 65.7 Å². The summed E-state index contributed by atoms with van der Waals surface area (Å²) in [6.45, 7) is 5.10. The molecule has 4 N–H and O–H groups in total. The lowest BCUT2D eigenvalue weighted by molar-refractivity contribution is -0.158. The first kappa shape index (κ1) is 41.3. The van der Waals surface area contributed by atoms with Gasteiger partial charge in [-0.2, -0.15) is 0 Å². The number of allylic oxidation sites excluding steroid dienone is 3. The van der Waals surface area contributed by atoms with Crippen molar-refractivity contribution in [3.63, 3.8) is 0 Å². The fraction of sp³-hybridized carbons (Fsp3) is 0.487. The second-order valence-corrected chi connectivity index (χ2v) is 14.7. The fourth-order valence-electron chi connectivity index (χ4n) is 6.90. The van der Waals surface area contributed by atoms with Crippen LogP contribution in [-0.2, 0) is 35.0 Å². The Labute approximate surface area is 325 Å². The molecule has 3 amide bonds. The molecule has 0 aliphatic carbocycles. The van der Waals surface area contributed by atoms with Gasteiger partial charge in [-0.05, 0) is 57.0 Å². The van der Waals surface area contributed by atoms with Crippen molar-refractivity contribution in [2.75, 3.05) is 46.1 Å². The molecule has 2 fully saturated rings. The highest BCUT2D eigenvalue weighted by Crippen LogP contribution is 2.47. The summed E-state index contributed by atoms with van der Waals surface area (Å²) in [7, 11) is 7.30. The van der Waals surface area contributed by atoms with Crippen molar-refractivity contribution in [2.45, 2.75) is 88.2 Å². The maximum atomic E-state index is 14.1. The molecule has 55 heavy (non-hydrogen) atoms. The van der Waals surface area contributed by atoms with Crippen LogP contribution < -0.4 is 25.4 Å². The van der Waals surface area contributed by atoms with Crippen molar-refractivity contribution >= 4 is 46.9 Å². The van der Waals surface area contributed by atoms with Gasteiger partial charge in [0, 0.05) is 45.8 Å². The van der Waals surface area contributed by atoms with Crippen LogP contribution in [0.3, 0.4) is 0 Å². The van der Waals surface area contributed by atoms with Gasteiger partial charge in [-0.3, -0.25) is 14.9 Å². The SMILES string of the molecule is COc1cc(N)ccc1C(=O)N(C)[C@@H](C)C(=O)O[C@H]1CC(=O)N(C)c2cc(cc(OC)c2Cl)C/C(C)=C/C=C/[C@@H](OC)[C@@]2(O)C[C@@H](C[C@@H]3O[C@@]13C)OC(=O)N2. The molecule has 0 spiro atoms. The van der Waals surface area contributed by atoms with E-state index in [4.69, 9.17) is 45.8 Å². The minimum Gasteiger partial charge on any atom is -0.496 e. The number of likely N-dealkylation sites (N-methyl/N-ethyl adjacent to an activating group) is 1. The predicted molar refractivity (Wildman–Crippen MR) is 203 cm³/mol. The van der Waals surface area contributed by atoms with Gasteiger partial charge in [-0.25, -0.2) is 9.59 Å². The van der Waals surface area contributed by atoms with E-state index in [1.54, 1.807) is 44.3 Å². The lowest BCUT2D eigenvalue weighted by Gasteiger charge is -2.40. The number of benzene rings is 2. The maximum Gasteiger partial charge on any atom is 0.409 e. The summed E-state index contributed by atoms with van der Waals surface area (Å²) in [5.74, 6) is -1.20. The van der Waals surface area contributed by atoms with Crippen LogP contribution >= 0.6 is 11.6 Å². The summed E-state index contributed by atoms with van der Waals surface area (Å²) in [6.07, 6.45) is 0.862. The number of ether oxygens (including phenoxy) is 6. The zero-order valence-corrected chi connectivity index (χ0v) is 33.0. The third-order valence-corrected chi connectivity index (χ3v) is 10.8. The number of hydrogen-bond acceptors (Lipinski definition) is 12. The molecule has 3 aliphatic rings. The number of anilines is 2. The number of halogens is 1. The number of carbonyl (C=O) groups is 4. The highest BCUT2D eigenvalue weighted by atomic mass is 35.5. The molecule has 7 atom stereocenters. The summed E-state index contributed by atoms with van der Waals surface area (Å²) in [5.41, 5.74) is 5.45. The summed E-state index contributed by atoms with van der Waals surface area (Å²) >= 11 is 6.76. The van der Waals surface area contributed by atoms with Gasteiger partial charge < -0.3 is 49.1 Å². The number of methoxy groups -OCH3 is 3. The first-order valence-corrected chi connectivity index (χ1v) is 18.1. The van der Waals surface area contributed by atoms with E-state index in [-0.39, 0.29) is 35.6 Å². The second kappa shape index (κ2) is 16.5. The van der Waals surface area contributed by atoms with Crippen molar-refractivity contribution in [1.82, 2.24) is 10.2 Å². The third-order valence-electron chi connectivity index (χ3n) is 10.5. The number of amides is 3. The van der Waals surface area contributed by atoms with Crippen LogP contribution in [-0.4, -0.2) is 111 Å². The number of carbonyl (C=O) groups excluding carboxylic acids is 4.